The van der Waals surface area contributed by atoms with Crippen LogP contribution < -0.4 is 4.90 Å². The summed E-state index contributed by atoms with van der Waals surface area (Å²) >= 11 is 1.04. The Morgan fingerprint density at radius 2 is 1.81 bits per heavy atom. The lowest BCUT2D eigenvalue weighted by atomic mass is 10.1. The monoisotopic (exact) mass is 394 g/mol. The van der Waals surface area contributed by atoms with Crippen LogP contribution in [0.1, 0.15) is 16.0 Å². The highest BCUT2D eigenvalue weighted by atomic mass is 32.2. The molecule has 2 aromatic rings. The van der Waals surface area contributed by atoms with Crippen LogP contribution in [-0.4, -0.2) is 50.0 Å². The summed E-state index contributed by atoms with van der Waals surface area (Å²) in [5.74, 6) is -0.960. The first-order chi connectivity index (χ1) is 12.3. The number of nitrogens with zero attached hydrogens (tertiary/aromatic N) is 2. The van der Waals surface area contributed by atoms with Crippen molar-refractivity contribution < 1.29 is 18.3 Å². The number of carbonyl (C=O) groups is 1. The minimum atomic E-state index is -3.57. The van der Waals surface area contributed by atoms with Gasteiger partial charge in [0.05, 0.1) is 6.42 Å². The summed E-state index contributed by atoms with van der Waals surface area (Å²) in [6.45, 7) is 6.27. The van der Waals surface area contributed by atoms with Crippen LogP contribution in [0.2, 0.25) is 0 Å². The SMILES string of the molecule is Cc1cccc(N2CCN(S(=O)(=O)c3ccc(CC(=O)O)s3)CC2)c1C. The third-order valence-electron chi connectivity index (χ3n) is 4.71. The lowest BCUT2D eigenvalue weighted by Crippen LogP contribution is -2.48. The number of hydrogen-bond donors (Lipinski definition) is 1. The molecule has 2 heterocycles. The average Bonchev–Trinajstić information content (AvgIpc) is 3.06. The zero-order valence-electron chi connectivity index (χ0n) is 14.8. The van der Waals surface area contributed by atoms with E-state index in [0.29, 0.717) is 31.1 Å². The molecule has 0 atom stereocenters. The first kappa shape index (κ1) is 18.9. The van der Waals surface area contributed by atoms with Crippen LogP contribution in [0.25, 0.3) is 0 Å². The molecule has 1 aliphatic heterocycles. The molecule has 140 valence electrons. The molecule has 0 aliphatic carbocycles. The first-order valence-corrected chi connectivity index (χ1v) is 10.7. The van der Waals surface area contributed by atoms with Crippen molar-refractivity contribution >= 4 is 33.0 Å². The molecule has 0 radical (unpaired) electrons. The molecule has 6 nitrogen and oxygen atoms in total. The van der Waals surface area contributed by atoms with Crippen LogP contribution in [0.3, 0.4) is 0 Å². The van der Waals surface area contributed by atoms with Gasteiger partial charge in [-0.25, -0.2) is 8.42 Å². The number of rotatable bonds is 5. The predicted molar refractivity (Wildman–Crippen MR) is 103 cm³/mol. The number of piperazine rings is 1. The highest BCUT2D eigenvalue weighted by Crippen LogP contribution is 2.28. The minimum absolute atomic E-state index is 0.152. The number of aryl methyl sites for hydroxylation is 1. The van der Waals surface area contributed by atoms with E-state index in [9.17, 15) is 13.2 Å². The quantitative estimate of drug-likeness (QED) is 0.843. The van der Waals surface area contributed by atoms with Gasteiger partial charge in [-0.15, -0.1) is 11.3 Å². The molecule has 1 aromatic carbocycles. The molecule has 0 amide bonds. The Labute approximate surface area is 157 Å². The molecule has 8 heteroatoms. The second kappa shape index (κ2) is 7.38. The average molecular weight is 395 g/mol. The van der Waals surface area contributed by atoms with Gasteiger partial charge in [-0.2, -0.15) is 4.31 Å². The fourth-order valence-corrected chi connectivity index (χ4v) is 6.04. The smallest absolute Gasteiger partial charge is 0.308 e. The van der Waals surface area contributed by atoms with Crippen molar-refractivity contribution in [3.63, 3.8) is 0 Å². The second-order valence-corrected chi connectivity index (χ2v) is 9.73. The van der Waals surface area contributed by atoms with Crippen LogP contribution in [0.15, 0.2) is 34.5 Å². The number of anilines is 1. The van der Waals surface area contributed by atoms with Gasteiger partial charge in [0.2, 0.25) is 0 Å². The molecule has 1 saturated heterocycles. The Bertz CT molecular complexity index is 913. The molecule has 1 fully saturated rings. The maximum atomic E-state index is 12.8. The van der Waals surface area contributed by atoms with E-state index in [-0.39, 0.29) is 10.6 Å². The number of thiophene rings is 1. The maximum Gasteiger partial charge on any atom is 0.308 e. The van der Waals surface area contributed by atoms with Crippen LogP contribution in [-0.2, 0) is 21.2 Å². The Kier molecular flexibility index (Phi) is 5.36. The van der Waals surface area contributed by atoms with Crippen molar-refractivity contribution in [2.75, 3.05) is 31.1 Å². The van der Waals surface area contributed by atoms with E-state index in [1.54, 1.807) is 6.07 Å². The largest absolute Gasteiger partial charge is 0.481 e. The van der Waals surface area contributed by atoms with Crippen molar-refractivity contribution in [1.29, 1.82) is 0 Å². The number of carboxylic acids is 1. The van der Waals surface area contributed by atoms with Crippen molar-refractivity contribution in [2.45, 2.75) is 24.5 Å². The Balaban J connectivity index is 1.71. The van der Waals surface area contributed by atoms with E-state index >= 15 is 0 Å². The topological polar surface area (TPSA) is 77.9 Å². The number of benzene rings is 1. The van der Waals surface area contributed by atoms with Gasteiger partial charge in [-0.05, 0) is 43.2 Å². The summed E-state index contributed by atoms with van der Waals surface area (Å²) in [5.41, 5.74) is 3.60. The van der Waals surface area contributed by atoms with Gasteiger partial charge >= 0.3 is 5.97 Å². The molecule has 1 aliphatic rings. The molecular formula is C18H22N2O4S2. The lowest BCUT2D eigenvalue weighted by Gasteiger charge is -2.36. The van der Waals surface area contributed by atoms with Crippen molar-refractivity contribution in [2.24, 2.45) is 0 Å². The first-order valence-electron chi connectivity index (χ1n) is 8.41. The van der Waals surface area contributed by atoms with E-state index < -0.39 is 16.0 Å². The molecule has 3 rings (SSSR count). The summed E-state index contributed by atoms with van der Waals surface area (Å²) in [4.78, 5) is 13.6. The Morgan fingerprint density at radius 1 is 1.12 bits per heavy atom. The van der Waals surface area contributed by atoms with Gasteiger partial charge in [0.15, 0.2) is 0 Å². The van der Waals surface area contributed by atoms with Crippen molar-refractivity contribution in [3.8, 4) is 0 Å². The van der Waals surface area contributed by atoms with Gasteiger partial charge < -0.3 is 10.0 Å². The molecule has 0 unspecified atom stereocenters. The molecule has 0 bridgehead atoms. The standard InChI is InChI=1S/C18H22N2O4S2/c1-13-4-3-5-16(14(13)2)19-8-10-20(11-9-19)26(23,24)18-7-6-15(25-18)12-17(21)22/h3-7H,8-12H2,1-2H3,(H,21,22). The molecule has 1 N–H and O–H groups in total. The van der Waals surface area contributed by atoms with Crippen LogP contribution >= 0.6 is 11.3 Å². The van der Waals surface area contributed by atoms with Gasteiger partial charge in [0, 0.05) is 36.7 Å². The maximum absolute atomic E-state index is 12.8. The zero-order chi connectivity index (χ0) is 18.9. The van der Waals surface area contributed by atoms with Crippen molar-refractivity contribution in [1.82, 2.24) is 4.31 Å². The van der Waals surface area contributed by atoms with Crippen LogP contribution in [0, 0.1) is 13.8 Å². The number of sulfonamides is 1. The highest BCUT2D eigenvalue weighted by Gasteiger charge is 2.30. The van der Waals surface area contributed by atoms with E-state index in [2.05, 4.69) is 30.9 Å². The number of hydrogen-bond acceptors (Lipinski definition) is 5. The fraction of sp³-hybridized carbons (Fsp3) is 0.389. The Morgan fingerprint density at radius 3 is 2.46 bits per heavy atom. The van der Waals surface area contributed by atoms with E-state index in [4.69, 9.17) is 5.11 Å². The van der Waals surface area contributed by atoms with Gasteiger partial charge in [0.25, 0.3) is 10.0 Å². The van der Waals surface area contributed by atoms with Crippen molar-refractivity contribution in [3.05, 3.63) is 46.3 Å². The lowest BCUT2D eigenvalue weighted by molar-refractivity contribution is -0.136. The number of aliphatic carboxylic acids is 1. The van der Waals surface area contributed by atoms with Crippen LogP contribution in [0.5, 0.6) is 0 Å². The van der Waals surface area contributed by atoms with Gasteiger partial charge in [-0.3, -0.25) is 4.79 Å². The van der Waals surface area contributed by atoms with Gasteiger partial charge in [0.1, 0.15) is 4.21 Å². The van der Waals surface area contributed by atoms with E-state index in [0.717, 1.165) is 17.0 Å². The summed E-state index contributed by atoms with van der Waals surface area (Å²) < 4.78 is 27.3. The molecular weight excluding hydrogens is 372 g/mol. The Hall–Kier alpha value is -1.90. The summed E-state index contributed by atoms with van der Waals surface area (Å²) in [6, 6.07) is 9.26. The third kappa shape index (κ3) is 3.77. The minimum Gasteiger partial charge on any atom is -0.481 e. The van der Waals surface area contributed by atoms with Crippen LogP contribution in [0.4, 0.5) is 5.69 Å². The molecule has 26 heavy (non-hydrogen) atoms. The van der Waals surface area contributed by atoms with E-state index in [1.807, 2.05) is 6.07 Å². The molecule has 0 spiro atoms. The number of carboxylic acid groups (broad SMARTS) is 1. The van der Waals surface area contributed by atoms with E-state index in [1.165, 1.54) is 21.5 Å². The second-order valence-electron chi connectivity index (χ2n) is 6.40. The van der Waals surface area contributed by atoms with Gasteiger partial charge in [-0.1, -0.05) is 12.1 Å². The molecule has 1 aromatic heterocycles. The summed E-state index contributed by atoms with van der Waals surface area (Å²) in [7, 11) is -3.57. The zero-order valence-corrected chi connectivity index (χ0v) is 16.4. The third-order valence-corrected chi connectivity index (χ3v) is 8.16. The fourth-order valence-electron chi connectivity index (χ4n) is 3.12. The highest BCUT2D eigenvalue weighted by molar-refractivity contribution is 7.91. The summed E-state index contributed by atoms with van der Waals surface area (Å²) in [6.07, 6.45) is -0.152. The molecule has 0 saturated carbocycles. The normalized spacial score (nSPS) is 16.0. The summed E-state index contributed by atoms with van der Waals surface area (Å²) in [5, 5.41) is 8.85. The predicted octanol–water partition coefficient (Wildman–Crippen LogP) is 2.50.